The van der Waals surface area contributed by atoms with E-state index in [0.29, 0.717) is 0 Å². The fraction of sp³-hybridized carbons (Fsp3) is 0.294. The molecule has 0 unspecified atom stereocenters. The zero-order valence-electron chi connectivity index (χ0n) is 11.4. The first-order chi connectivity index (χ1) is 9.42. The molecule has 0 radical (unpaired) electrons. The van der Waals surface area contributed by atoms with Crippen LogP contribution >= 0.6 is 0 Å². The van der Waals surface area contributed by atoms with Crippen molar-refractivity contribution in [2.75, 3.05) is 25.1 Å². The number of benzene rings is 2. The molecule has 2 aromatic carbocycles. The van der Waals surface area contributed by atoms with Crippen LogP contribution < -0.4 is 5.32 Å². The van der Waals surface area contributed by atoms with Gasteiger partial charge in [0, 0.05) is 24.4 Å². The molecule has 2 aromatic rings. The van der Waals surface area contributed by atoms with Crippen molar-refractivity contribution < 1.29 is 4.74 Å². The van der Waals surface area contributed by atoms with Crippen LogP contribution in [0.25, 0.3) is 11.1 Å². The minimum Gasteiger partial charge on any atom is -0.382 e. The van der Waals surface area contributed by atoms with Gasteiger partial charge in [-0.2, -0.15) is 0 Å². The van der Waals surface area contributed by atoms with Crippen LogP contribution in [0.1, 0.15) is 13.3 Å². The van der Waals surface area contributed by atoms with Crippen LogP contribution in [-0.2, 0) is 4.74 Å². The molecule has 1 N–H and O–H groups in total. The summed E-state index contributed by atoms with van der Waals surface area (Å²) in [6.45, 7) is 4.54. The highest BCUT2D eigenvalue weighted by molar-refractivity contribution is 5.77. The molecule has 0 saturated heterocycles. The maximum atomic E-state index is 5.49. The van der Waals surface area contributed by atoms with E-state index >= 15 is 0 Å². The van der Waals surface area contributed by atoms with Gasteiger partial charge in [0.15, 0.2) is 0 Å². The molecule has 0 atom stereocenters. The molecule has 2 rings (SSSR count). The highest BCUT2D eigenvalue weighted by Gasteiger charge is 2.02. The van der Waals surface area contributed by atoms with Crippen molar-refractivity contribution in [2.45, 2.75) is 13.3 Å². The van der Waals surface area contributed by atoms with Crippen molar-refractivity contribution in [3.05, 3.63) is 54.6 Å². The van der Waals surface area contributed by atoms with Crippen molar-refractivity contribution >= 4 is 5.69 Å². The smallest absolute Gasteiger partial charge is 0.0639 e. The Labute approximate surface area is 115 Å². The molecular weight excluding hydrogens is 234 g/mol. The lowest BCUT2D eigenvalue weighted by Crippen LogP contribution is -2.10. The van der Waals surface area contributed by atoms with Crippen LogP contribution in [0.15, 0.2) is 54.6 Å². The highest BCUT2D eigenvalue weighted by atomic mass is 16.5. The molecule has 0 spiro atoms. The van der Waals surface area contributed by atoms with Crippen LogP contribution in [0.4, 0.5) is 5.69 Å². The Bertz CT molecular complexity index is 482. The number of hydrogen-bond acceptors (Lipinski definition) is 2. The predicted octanol–water partition coefficient (Wildman–Crippen LogP) is 4.19. The average Bonchev–Trinajstić information content (AvgIpc) is 2.48. The summed E-state index contributed by atoms with van der Waals surface area (Å²) in [5.74, 6) is 0. The van der Waals surface area contributed by atoms with Gasteiger partial charge in [0.1, 0.15) is 0 Å². The highest BCUT2D eigenvalue weighted by Crippen LogP contribution is 2.27. The van der Waals surface area contributed by atoms with Crippen molar-refractivity contribution in [1.82, 2.24) is 0 Å². The molecule has 2 heteroatoms. The number of hydrogen-bond donors (Lipinski definition) is 1. The summed E-state index contributed by atoms with van der Waals surface area (Å²) in [7, 11) is 0. The molecular formula is C17H21NO. The Morgan fingerprint density at radius 2 is 1.63 bits per heavy atom. The number of para-hydroxylation sites is 1. The normalized spacial score (nSPS) is 10.4. The molecule has 0 aliphatic heterocycles. The molecule has 0 aliphatic rings. The van der Waals surface area contributed by atoms with Crippen LogP contribution in [0, 0.1) is 0 Å². The van der Waals surface area contributed by atoms with Gasteiger partial charge in [0.05, 0.1) is 6.61 Å². The van der Waals surface area contributed by atoms with E-state index in [1.54, 1.807) is 0 Å². The number of anilines is 1. The molecule has 0 aromatic heterocycles. The molecule has 0 aliphatic carbocycles. The van der Waals surface area contributed by atoms with Crippen LogP contribution in [0.5, 0.6) is 0 Å². The van der Waals surface area contributed by atoms with Gasteiger partial charge in [0.25, 0.3) is 0 Å². The second-order valence-corrected chi connectivity index (χ2v) is 4.45. The number of ether oxygens (including phenoxy) is 1. The molecule has 0 heterocycles. The third-order valence-corrected chi connectivity index (χ3v) is 2.92. The van der Waals surface area contributed by atoms with Gasteiger partial charge in [-0.05, 0) is 18.1 Å². The predicted molar refractivity (Wildman–Crippen MR) is 81.5 cm³/mol. The first-order valence-electron chi connectivity index (χ1n) is 6.88. The third kappa shape index (κ3) is 4.11. The molecule has 19 heavy (non-hydrogen) atoms. The Kier molecular flexibility index (Phi) is 5.45. The summed E-state index contributed by atoms with van der Waals surface area (Å²) in [5.41, 5.74) is 3.63. The van der Waals surface area contributed by atoms with Gasteiger partial charge < -0.3 is 10.1 Å². The van der Waals surface area contributed by atoms with Crippen LogP contribution in [0.2, 0.25) is 0 Å². The minimum absolute atomic E-state index is 0.747. The maximum Gasteiger partial charge on any atom is 0.0639 e. The Morgan fingerprint density at radius 1 is 0.895 bits per heavy atom. The van der Waals surface area contributed by atoms with Crippen molar-refractivity contribution in [2.24, 2.45) is 0 Å². The maximum absolute atomic E-state index is 5.49. The zero-order chi connectivity index (χ0) is 13.3. The Hall–Kier alpha value is -1.80. The Balaban J connectivity index is 2.01. The van der Waals surface area contributed by atoms with Crippen LogP contribution in [-0.4, -0.2) is 19.8 Å². The van der Waals surface area contributed by atoms with Crippen molar-refractivity contribution in [3.63, 3.8) is 0 Å². The van der Waals surface area contributed by atoms with E-state index in [1.807, 2.05) is 6.07 Å². The summed E-state index contributed by atoms with van der Waals surface area (Å²) < 4.78 is 5.49. The fourth-order valence-corrected chi connectivity index (χ4v) is 2.01. The van der Waals surface area contributed by atoms with Gasteiger partial charge in [-0.1, -0.05) is 55.5 Å². The summed E-state index contributed by atoms with van der Waals surface area (Å²) in [6, 6.07) is 18.8. The van der Waals surface area contributed by atoms with Crippen LogP contribution in [0.3, 0.4) is 0 Å². The number of nitrogens with one attached hydrogen (secondary N) is 1. The lowest BCUT2D eigenvalue weighted by atomic mass is 10.0. The van der Waals surface area contributed by atoms with Gasteiger partial charge >= 0.3 is 0 Å². The molecule has 0 fully saturated rings. The Morgan fingerprint density at radius 3 is 2.42 bits per heavy atom. The van der Waals surface area contributed by atoms with Gasteiger partial charge in [-0.3, -0.25) is 0 Å². The largest absolute Gasteiger partial charge is 0.382 e. The number of rotatable bonds is 7. The summed E-state index contributed by atoms with van der Waals surface area (Å²) >= 11 is 0. The standard InChI is InChI=1S/C17H21NO/c1-2-13-19-14-12-18-17-11-7-6-10-16(17)15-8-4-3-5-9-15/h3-11,18H,2,12-14H2,1H3. The van der Waals surface area contributed by atoms with Crippen molar-refractivity contribution in [3.8, 4) is 11.1 Å². The van der Waals surface area contributed by atoms with Gasteiger partial charge in [-0.25, -0.2) is 0 Å². The fourth-order valence-electron chi connectivity index (χ4n) is 2.01. The average molecular weight is 255 g/mol. The zero-order valence-corrected chi connectivity index (χ0v) is 11.4. The van der Waals surface area contributed by atoms with Gasteiger partial charge in [-0.15, -0.1) is 0 Å². The van der Waals surface area contributed by atoms with Gasteiger partial charge in [0.2, 0.25) is 0 Å². The van der Waals surface area contributed by atoms with E-state index in [-0.39, 0.29) is 0 Å². The van der Waals surface area contributed by atoms with E-state index in [1.165, 1.54) is 11.1 Å². The molecule has 0 amide bonds. The second kappa shape index (κ2) is 7.59. The molecule has 0 saturated carbocycles. The topological polar surface area (TPSA) is 21.3 Å². The lowest BCUT2D eigenvalue weighted by molar-refractivity contribution is 0.144. The first kappa shape index (κ1) is 13.6. The quantitative estimate of drug-likeness (QED) is 0.749. The second-order valence-electron chi connectivity index (χ2n) is 4.45. The minimum atomic E-state index is 0.747. The van der Waals surface area contributed by atoms with Crippen molar-refractivity contribution in [1.29, 1.82) is 0 Å². The summed E-state index contributed by atoms with van der Waals surface area (Å²) in [6.07, 6.45) is 1.07. The third-order valence-electron chi connectivity index (χ3n) is 2.92. The summed E-state index contributed by atoms with van der Waals surface area (Å²) in [4.78, 5) is 0. The molecule has 2 nitrogen and oxygen atoms in total. The molecule has 0 bridgehead atoms. The first-order valence-corrected chi connectivity index (χ1v) is 6.88. The lowest BCUT2D eigenvalue weighted by Gasteiger charge is -2.12. The van der Waals surface area contributed by atoms with E-state index in [4.69, 9.17) is 4.74 Å². The van der Waals surface area contributed by atoms with E-state index < -0.39 is 0 Å². The van der Waals surface area contributed by atoms with E-state index in [2.05, 4.69) is 60.8 Å². The SMILES string of the molecule is CCCOCCNc1ccccc1-c1ccccc1. The van der Waals surface area contributed by atoms with E-state index in [9.17, 15) is 0 Å². The summed E-state index contributed by atoms with van der Waals surface area (Å²) in [5, 5.41) is 3.45. The molecule has 100 valence electrons. The van der Waals surface area contributed by atoms with E-state index in [0.717, 1.165) is 31.9 Å². The monoisotopic (exact) mass is 255 g/mol.